The van der Waals surface area contributed by atoms with Crippen molar-refractivity contribution in [3.8, 4) is 0 Å². The standard InChI is InChI=1S/C42H71NO9.4C6H14/c44-28-27-43(25-13-23-37(39(45)49-29-33-15-5-1-6-16-33)40(46)50-30-34-17-7-2-8-18-34)26-14-24-38(41(47)51-31-35-19-9-3-10-20-35)42(48)52-32-36-21-11-4-12-22-36;4*1-4-5-6(2)3/h33-38,44H,1-32H2;4*6H,4-5H2,1-3H3. The molecule has 4 aliphatic rings. The predicted octanol–water partition coefficient (Wildman–Crippen LogP) is 17.3. The molecule has 0 atom stereocenters. The molecule has 0 bridgehead atoms. The number of nitrogens with zero attached hydrogens (tertiary/aromatic N) is 1. The third-order valence-corrected chi connectivity index (χ3v) is 15.7. The van der Waals surface area contributed by atoms with Crippen LogP contribution in [-0.4, -0.2) is 86.6 Å². The van der Waals surface area contributed by atoms with E-state index in [4.69, 9.17) is 18.9 Å². The Kier molecular flexibility index (Phi) is 48.4. The molecule has 1 N–H and O–H groups in total. The summed E-state index contributed by atoms with van der Waals surface area (Å²) in [6.45, 7) is 29.8. The van der Waals surface area contributed by atoms with E-state index in [2.05, 4.69) is 88.0 Å². The van der Waals surface area contributed by atoms with E-state index in [9.17, 15) is 24.3 Å². The number of hydrogen-bond acceptors (Lipinski definition) is 10. The number of carbonyl (C=O) groups is 4. The van der Waals surface area contributed by atoms with Crippen LogP contribution in [0.2, 0.25) is 0 Å². The lowest BCUT2D eigenvalue weighted by atomic mass is 9.90. The average Bonchev–Trinajstić information content (AvgIpc) is 3.40. The molecule has 76 heavy (non-hydrogen) atoms. The highest BCUT2D eigenvalue weighted by Gasteiger charge is 2.33. The van der Waals surface area contributed by atoms with Gasteiger partial charge in [-0.15, -0.1) is 0 Å². The topological polar surface area (TPSA) is 129 Å². The molecule has 0 aliphatic heterocycles. The van der Waals surface area contributed by atoms with Crippen molar-refractivity contribution in [2.24, 2.45) is 59.2 Å². The van der Waals surface area contributed by atoms with Crippen LogP contribution in [0.15, 0.2) is 0 Å². The predicted molar refractivity (Wildman–Crippen MR) is 318 cm³/mol. The number of rotatable bonds is 30. The first-order valence-corrected chi connectivity index (χ1v) is 32.5. The molecule has 4 saturated carbocycles. The van der Waals surface area contributed by atoms with Crippen LogP contribution in [0.5, 0.6) is 0 Å². The summed E-state index contributed by atoms with van der Waals surface area (Å²) >= 11 is 0. The average molecular weight is 1080 g/mol. The number of aliphatic hydroxyl groups excluding tert-OH is 1. The van der Waals surface area contributed by atoms with Crippen LogP contribution in [0.25, 0.3) is 0 Å². The molecular formula is C66H127NO9. The molecule has 4 rings (SSSR count). The van der Waals surface area contributed by atoms with Crippen LogP contribution in [0.4, 0.5) is 0 Å². The highest BCUT2D eigenvalue weighted by molar-refractivity contribution is 5.95. The van der Waals surface area contributed by atoms with Gasteiger partial charge in [-0.3, -0.25) is 19.2 Å². The zero-order chi connectivity index (χ0) is 56.8. The third kappa shape index (κ3) is 41.8. The molecule has 0 aromatic carbocycles. The normalized spacial score (nSPS) is 16.8. The van der Waals surface area contributed by atoms with Gasteiger partial charge in [0.25, 0.3) is 0 Å². The smallest absolute Gasteiger partial charge is 0.320 e. The molecule has 10 nitrogen and oxygen atoms in total. The second kappa shape index (κ2) is 49.8. The van der Waals surface area contributed by atoms with E-state index < -0.39 is 35.7 Å². The van der Waals surface area contributed by atoms with E-state index in [1.54, 1.807) is 0 Å². The maximum atomic E-state index is 13.3. The van der Waals surface area contributed by atoms with Crippen LogP contribution >= 0.6 is 0 Å². The Morgan fingerprint density at radius 3 is 0.763 bits per heavy atom. The Hall–Kier alpha value is -2.20. The lowest BCUT2D eigenvalue weighted by Gasteiger charge is -2.26. The van der Waals surface area contributed by atoms with E-state index >= 15 is 0 Å². The highest BCUT2D eigenvalue weighted by Crippen LogP contribution is 2.28. The van der Waals surface area contributed by atoms with E-state index in [1.165, 1.54) is 77.0 Å². The van der Waals surface area contributed by atoms with Crippen LogP contribution in [0.1, 0.15) is 289 Å². The molecule has 0 heterocycles. The van der Waals surface area contributed by atoms with Gasteiger partial charge in [-0.1, -0.05) is 212 Å². The van der Waals surface area contributed by atoms with Gasteiger partial charge in [-0.25, -0.2) is 0 Å². The van der Waals surface area contributed by atoms with Crippen molar-refractivity contribution < 1.29 is 43.2 Å². The van der Waals surface area contributed by atoms with Gasteiger partial charge in [0, 0.05) is 6.54 Å². The summed E-state index contributed by atoms with van der Waals surface area (Å²) in [5.74, 6) is 1.12. The third-order valence-electron chi connectivity index (χ3n) is 15.7. The van der Waals surface area contributed by atoms with Crippen molar-refractivity contribution >= 4 is 23.9 Å². The summed E-state index contributed by atoms with van der Waals surface area (Å²) in [4.78, 5) is 55.3. The molecule has 0 aromatic heterocycles. The van der Waals surface area contributed by atoms with Crippen molar-refractivity contribution in [1.29, 1.82) is 0 Å². The molecule has 4 aliphatic carbocycles. The maximum Gasteiger partial charge on any atom is 0.320 e. The number of ether oxygens (including phenoxy) is 4. The van der Waals surface area contributed by atoms with Crippen LogP contribution in [0.3, 0.4) is 0 Å². The molecule has 450 valence electrons. The molecule has 0 saturated heterocycles. The second-order valence-electron chi connectivity index (χ2n) is 25.2. The lowest BCUT2D eigenvalue weighted by molar-refractivity contribution is -0.166. The summed E-state index contributed by atoms with van der Waals surface area (Å²) in [5, 5.41) is 9.84. The fourth-order valence-corrected chi connectivity index (χ4v) is 11.1. The molecule has 4 fully saturated rings. The van der Waals surface area contributed by atoms with Gasteiger partial charge < -0.3 is 29.0 Å². The van der Waals surface area contributed by atoms with Gasteiger partial charge in [0.1, 0.15) is 0 Å². The zero-order valence-corrected chi connectivity index (χ0v) is 52.2. The maximum absolute atomic E-state index is 13.3. The minimum absolute atomic E-state index is 0.0490. The Morgan fingerprint density at radius 1 is 0.368 bits per heavy atom. The SMILES string of the molecule is CCCC(C)C.CCCC(C)C.CCCC(C)C.CCCC(C)C.O=C(OCC1CCCCC1)C(CCCN(CCO)CCCC(C(=O)OCC1CCCCC1)C(=O)OCC1CCCCC1)C(=O)OCC1CCCCC1. The van der Waals surface area contributed by atoms with E-state index in [-0.39, 0.29) is 6.61 Å². The van der Waals surface area contributed by atoms with Gasteiger partial charge in [-0.2, -0.15) is 0 Å². The van der Waals surface area contributed by atoms with Gasteiger partial charge in [0.05, 0.1) is 33.0 Å². The molecule has 0 aromatic rings. The molecule has 0 unspecified atom stereocenters. The van der Waals surface area contributed by atoms with Crippen molar-refractivity contribution in [3.05, 3.63) is 0 Å². The van der Waals surface area contributed by atoms with Gasteiger partial charge in [0.2, 0.25) is 0 Å². The Labute approximate surface area is 470 Å². The van der Waals surface area contributed by atoms with E-state index in [0.29, 0.717) is 95.4 Å². The molecule has 0 radical (unpaired) electrons. The molecular weight excluding hydrogens is 951 g/mol. The monoisotopic (exact) mass is 1080 g/mol. The highest BCUT2D eigenvalue weighted by atomic mass is 16.6. The first kappa shape index (κ1) is 73.8. The number of hydrogen-bond donors (Lipinski definition) is 1. The summed E-state index contributed by atoms with van der Waals surface area (Å²) in [7, 11) is 0. The van der Waals surface area contributed by atoms with E-state index in [0.717, 1.165) is 126 Å². The van der Waals surface area contributed by atoms with Crippen molar-refractivity contribution in [2.75, 3.05) is 52.7 Å². The van der Waals surface area contributed by atoms with Crippen molar-refractivity contribution in [3.63, 3.8) is 0 Å². The Morgan fingerprint density at radius 2 is 0.592 bits per heavy atom. The Balaban J connectivity index is 0.00000193. The van der Waals surface area contributed by atoms with Gasteiger partial charge in [-0.05, 0) is 137 Å². The minimum atomic E-state index is -0.967. The molecule has 0 amide bonds. The Bertz CT molecular complexity index is 1160. The van der Waals surface area contributed by atoms with Gasteiger partial charge in [0.15, 0.2) is 11.8 Å². The fourth-order valence-electron chi connectivity index (χ4n) is 11.1. The summed E-state index contributed by atoms with van der Waals surface area (Å²) in [5.41, 5.74) is 0. The van der Waals surface area contributed by atoms with Crippen molar-refractivity contribution in [1.82, 2.24) is 4.90 Å². The minimum Gasteiger partial charge on any atom is -0.465 e. The number of carbonyl (C=O) groups excluding carboxylic acids is 4. The molecule has 10 heteroatoms. The van der Waals surface area contributed by atoms with E-state index in [1.807, 2.05) is 0 Å². The number of esters is 4. The lowest BCUT2D eigenvalue weighted by Crippen LogP contribution is -2.34. The quantitative estimate of drug-likeness (QED) is 0.0422. The summed E-state index contributed by atoms with van der Waals surface area (Å²) in [6, 6.07) is 0. The molecule has 0 spiro atoms. The summed E-state index contributed by atoms with van der Waals surface area (Å²) in [6.07, 6.45) is 35.0. The number of aliphatic hydroxyl groups is 1. The van der Waals surface area contributed by atoms with Gasteiger partial charge >= 0.3 is 23.9 Å². The zero-order valence-electron chi connectivity index (χ0n) is 52.2. The van der Waals surface area contributed by atoms with Crippen molar-refractivity contribution in [2.45, 2.75) is 289 Å². The van der Waals surface area contributed by atoms with Crippen LogP contribution < -0.4 is 0 Å². The van der Waals surface area contributed by atoms with Crippen LogP contribution in [-0.2, 0) is 38.1 Å². The summed E-state index contributed by atoms with van der Waals surface area (Å²) < 4.78 is 22.9. The van der Waals surface area contributed by atoms with Crippen LogP contribution in [0, 0.1) is 59.2 Å². The second-order valence-corrected chi connectivity index (χ2v) is 25.2. The first-order valence-electron chi connectivity index (χ1n) is 32.5. The largest absolute Gasteiger partial charge is 0.465 e. The first-order chi connectivity index (χ1) is 36.5. The fraction of sp³-hybridized carbons (Fsp3) is 0.939.